The molecule has 0 aliphatic rings. The van der Waals surface area contributed by atoms with E-state index < -0.39 is 23.8 Å². The molecule has 0 unspecified atom stereocenters. The number of hydrogen-bond donors (Lipinski definition) is 3. The second-order valence-electron chi connectivity index (χ2n) is 5.64. The third-order valence-electron chi connectivity index (χ3n) is 2.71. The summed E-state index contributed by atoms with van der Waals surface area (Å²) in [5.41, 5.74) is 4.75. The van der Waals surface area contributed by atoms with Crippen molar-refractivity contribution in [2.45, 2.75) is 27.3 Å². The number of anilines is 1. The van der Waals surface area contributed by atoms with Crippen molar-refractivity contribution in [3.8, 4) is 0 Å². The van der Waals surface area contributed by atoms with E-state index >= 15 is 0 Å². The van der Waals surface area contributed by atoms with E-state index in [2.05, 4.69) is 15.4 Å². The molecule has 10 heteroatoms. The van der Waals surface area contributed by atoms with Gasteiger partial charge in [0.15, 0.2) is 16.5 Å². The van der Waals surface area contributed by atoms with Gasteiger partial charge in [-0.15, -0.1) is 0 Å². The smallest absolute Gasteiger partial charge is 0.325 e. The Balaban J connectivity index is 2.46. The van der Waals surface area contributed by atoms with Crippen LogP contribution in [0.15, 0.2) is 0 Å². The molecular formula is C12H15N5O4S. The zero-order valence-electron chi connectivity index (χ0n) is 12.2. The predicted molar refractivity (Wildman–Crippen MR) is 79.6 cm³/mol. The Morgan fingerprint density at radius 3 is 2.50 bits per heavy atom. The maximum Gasteiger partial charge on any atom is 0.325 e. The molecule has 0 spiro atoms. The van der Waals surface area contributed by atoms with Crippen LogP contribution in [0.25, 0.3) is 10.3 Å². The van der Waals surface area contributed by atoms with Crippen molar-refractivity contribution in [2.24, 2.45) is 11.1 Å². The summed E-state index contributed by atoms with van der Waals surface area (Å²) in [5, 5.41) is 15.6. The number of carboxylic acids is 1. The molecule has 2 rings (SSSR count). The Labute approximate surface area is 129 Å². The minimum absolute atomic E-state index is 0.0648. The van der Waals surface area contributed by atoms with Crippen LogP contribution in [0.2, 0.25) is 0 Å². The standard InChI is InChI=1S/C12H15N5O4S/c1-12(2,3)10(21)15-11-14-9-7(22-11)6(8(13)20)16-17(9)4-5(18)19/h4H2,1-3H3,(H2,13,20)(H,18,19)(H,14,15,21). The number of carboxylic acid groups (broad SMARTS) is 1. The van der Waals surface area contributed by atoms with Crippen molar-refractivity contribution < 1.29 is 19.5 Å². The van der Waals surface area contributed by atoms with Crippen LogP contribution in [0.3, 0.4) is 0 Å². The number of hydrogen-bond acceptors (Lipinski definition) is 6. The van der Waals surface area contributed by atoms with Crippen molar-refractivity contribution in [3.63, 3.8) is 0 Å². The van der Waals surface area contributed by atoms with Crippen LogP contribution in [0.5, 0.6) is 0 Å². The molecule has 0 fully saturated rings. The molecule has 4 N–H and O–H groups in total. The monoisotopic (exact) mass is 325 g/mol. The summed E-state index contributed by atoms with van der Waals surface area (Å²) < 4.78 is 1.42. The Hall–Kier alpha value is -2.49. The molecule has 0 saturated carbocycles. The van der Waals surface area contributed by atoms with Crippen molar-refractivity contribution in [1.29, 1.82) is 0 Å². The number of thiazole rings is 1. The van der Waals surface area contributed by atoms with E-state index in [0.717, 1.165) is 16.0 Å². The molecule has 2 aromatic rings. The molecule has 0 aromatic carbocycles. The van der Waals surface area contributed by atoms with Gasteiger partial charge in [0.1, 0.15) is 11.2 Å². The van der Waals surface area contributed by atoms with Crippen LogP contribution >= 0.6 is 11.3 Å². The topological polar surface area (TPSA) is 140 Å². The lowest BCUT2D eigenvalue weighted by Crippen LogP contribution is -2.27. The fraction of sp³-hybridized carbons (Fsp3) is 0.417. The third kappa shape index (κ3) is 3.06. The molecule has 0 atom stereocenters. The molecule has 2 aromatic heterocycles. The van der Waals surface area contributed by atoms with Crippen molar-refractivity contribution in [2.75, 3.05) is 5.32 Å². The Morgan fingerprint density at radius 2 is 2.00 bits per heavy atom. The van der Waals surface area contributed by atoms with Crippen LogP contribution in [0, 0.1) is 5.41 Å². The first-order valence-electron chi connectivity index (χ1n) is 6.30. The lowest BCUT2D eigenvalue weighted by molar-refractivity contribution is -0.137. The molecule has 0 bridgehead atoms. The van der Waals surface area contributed by atoms with E-state index in [9.17, 15) is 14.4 Å². The van der Waals surface area contributed by atoms with Gasteiger partial charge in [0.2, 0.25) is 5.91 Å². The molecule has 2 heterocycles. The first-order chi connectivity index (χ1) is 10.1. The lowest BCUT2D eigenvalue weighted by Gasteiger charge is -2.15. The number of nitrogens with two attached hydrogens (primary N) is 1. The number of rotatable bonds is 4. The maximum absolute atomic E-state index is 12.0. The lowest BCUT2D eigenvalue weighted by atomic mass is 9.96. The molecule has 0 radical (unpaired) electrons. The first kappa shape index (κ1) is 15.9. The first-order valence-corrected chi connectivity index (χ1v) is 7.11. The van der Waals surface area contributed by atoms with Crippen molar-refractivity contribution in [3.05, 3.63) is 5.69 Å². The normalized spacial score (nSPS) is 11.6. The fourth-order valence-electron chi connectivity index (χ4n) is 1.59. The largest absolute Gasteiger partial charge is 0.480 e. The molecule has 0 aliphatic carbocycles. The van der Waals surface area contributed by atoms with Gasteiger partial charge in [0, 0.05) is 5.41 Å². The SMILES string of the molecule is CC(C)(C)C(=O)Nc1nc2c(s1)c(C(N)=O)nn2CC(=O)O. The van der Waals surface area contributed by atoms with E-state index in [1.807, 2.05) is 0 Å². The minimum Gasteiger partial charge on any atom is -0.480 e. The highest BCUT2D eigenvalue weighted by Gasteiger charge is 2.25. The number of carbonyl (C=O) groups is 3. The van der Waals surface area contributed by atoms with Crippen molar-refractivity contribution >= 4 is 44.6 Å². The van der Waals surface area contributed by atoms with Gasteiger partial charge in [-0.25, -0.2) is 4.68 Å². The van der Waals surface area contributed by atoms with Crippen LogP contribution in [-0.4, -0.2) is 37.7 Å². The average Bonchev–Trinajstić information content (AvgIpc) is 2.87. The van der Waals surface area contributed by atoms with E-state index in [4.69, 9.17) is 10.8 Å². The number of nitrogens with one attached hydrogen (secondary N) is 1. The number of fused-ring (bicyclic) bond motifs is 1. The quantitative estimate of drug-likeness (QED) is 0.754. The summed E-state index contributed by atoms with van der Waals surface area (Å²) in [6.45, 7) is 4.78. The summed E-state index contributed by atoms with van der Waals surface area (Å²) in [5.74, 6) is -2.16. The highest BCUT2D eigenvalue weighted by molar-refractivity contribution is 7.22. The van der Waals surface area contributed by atoms with Crippen LogP contribution in [0.4, 0.5) is 5.13 Å². The van der Waals surface area contributed by atoms with E-state index in [-0.39, 0.29) is 22.4 Å². The van der Waals surface area contributed by atoms with E-state index in [0.29, 0.717) is 4.70 Å². The third-order valence-corrected chi connectivity index (χ3v) is 3.68. The molecule has 2 amide bonds. The van der Waals surface area contributed by atoms with Crippen LogP contribution in [-0.2, 0) is 16.1 Å². The van der Waals surface area contributed by atoms with E-state index in [1.165, 1.54) is 0 Å². The number of aromatic nitrogens is 3. The number of aliphatic carboxylic acids is 1. The van der Waals surface area contributed by atoms with Crippen molar-refractivity contribution in [1.82, 2.24) is 14.8 Å². The maximum atomic E-state index is 12.0. The highest BCUT2D eigenvalue weighted by Crippen LogP contribution is 2.30. The Morgan fingerprint density at radius 1 is 1.36 bits per heavy atom. The highest BCUT2D eigenvalue weighted by atomic mass is 32.1. The minimum atomic E-state index is -1.13. The zero-order valence-corrected chi connectivity index (χ0v) is 13.0. The van der Waals surface area contributed by atoms with Gasteiger partial charge in [0.05, 0.1) is 0 Å². The Bertz CT molecular complexity index is 770. The van der Waals surface area contributed by atoms with Gasteiger partial charge >= 0.3 is 5.97 Å². The molecule has 22 heavy (non-hydrogen) atoms. The molecule has 0 aliphatic heterocycles. The van der Waals surface area contributed by atoms with E-state index in [1.54, 1.807) is 20.8 Å². The number of amides is 2. The molecule has 118 valence electrons. The molecular weight excluding hydrogens is 310 g/mol. The second kappa shape index (κ2) is 5.37. The van der Waals surface area contributed by atoms with Gasteiger partial charge in [0.25, 0.3) is 5.91 Å². The second-order valence-corrected chi connectivity index (χ2v) is 6.64. The molecule has 9 nitrogen and oxygen atoms in total. The summed E-state index contributed by atoms with van der Waals surface area (Å²) in [4.78, 5) is 38.3. The summed E-state index contributed by atoms with van der Waals surface area (Å²) in [6, 6.07) is 0. The fourth-order valence-corrected chi connectivity index (χ4v) is 2.54. The number of nitrogens with zero attached hydrogens (tertiary/aromatic N) is 3. The number of carbonyl (C=O) groups excluding carboxylic acids is 2. The van der Waals surface area contributed by atoms with Crippen LogP contribution in [0.1, 0.15) is 31.3 Å². The summed E-state index contributed by atoms with van der Waals surface area (Å²) in [7, 11) is 0. The van der Waals surface area contributed by atoms with Gasteiger partial charge in [-0.05, 0) is 0 Å². The number of primary amides is 1. The Kier molecular flexibility index (Phi) is 3.88. The average molecular weight is 325 g/mol. The van der Waals surface area contributed by atoms with Gasteiger partial charge < -0.3 is 16.2 Å². The van der Waals surface area contributed by atoms with Gasteiger partial charge in [-0.1, -0.05) is 32.1 Å². The van der Waals surface area contributed by atoms with Gasteiger partial charge in [-0.3, -0.25) is 14.4 Å². The van der Waals surface area contributed by atoms with Gasteiger partial charge in [-0.2, -0.15) is 10.1 Å². The van der Waals surface area contributed by atoms with Crippen LogP contribution < -0.4 is 11.1 Å². The summed E-state index contributed by atoms with van der Waals surface area (Å²) >= 11 is 1.02. The summed E-state index contributed by atoms with van der Waals surface area (Å²) in [6.07, 6.45) is 0. The molecule has 0 saturated heterocycles. The predicted octanol–water partition coefficient (Wildman–Crippen LogP) is 0.661. The zero-order chi connectivity index (χ0) is 16.7.